The summed E-state index contributed by atoms with van der Waals surface area (Å²) in [5.74, 6) is -1.04. The molecule has 0 aliphatic carbocycles. The second kappa shape index (κ2) is 8.73. The van der Waals surface area contributed by atoms with Gasteiger partial charge in [0.2, 0.25) is 0 Å². The van der Waals surface area contributed by atoms with E-state index >= 15 is 0 Å². The molecule has 1 amide bonds. The second-order valence-corrected chi connectivity index (χ2v) is 17.6. The average Bonchev–Trinajstić information content (AvgIpc) is 2.78. The lowest BCUT2D eigenvalue weighted by Gasteiger charge is -2.60. The van der Waals surface area contributed by atoms with E-state index in [-0.39, 0.29) is 22.6 Å². The van der Waals surface area contributed by atoms with Crippen LogP contribution in [0.5, 0.6) is 0 Å². The molecule has 0 aromatic heterocycles. The highest BCUT2D eigenvalue weighted by Crippen LogP contribution is 2.58. The Kier molecular flexibility index (Phi) is 7.71. The number of amides is 1. The number of hydrogen-bond donors (Lipinski definition) is 1. The van der Waals surface area contributed by atoms with Crippen molar-refractivity contribution in [3.8, 4) is 0 Å². The summed E-state index contributed by atoms with van der Waals surface area (Å²) in [6.07, 6.45) is 1.68. The predicted molar refractivity (Wildman–Crippen MR) is 127 cm³/mol. The number of hydrogen-bond acceptors (Lipinski definition) is 5. The molecule has 0 bridgehead atoms. The van der Waals surface area contributed by atoms with Gasteiger partial charge >= 0.3 is 8.56 Å². The van der Waals surface area contributed by atoms with Crippen molar-refractivity contribution in [1.82, 2.24) is 5.32 Å². The molecule has 0 radical (unpaired) electrons. The fourth-order valence-electron chi connectivity index (χ4n) is 5.14. The molecule has 10 heteroatoms. The summed E-state index contributed by atoms with van der Waals surface area (Å²) in [4.78, 5) is 12.8. The van der Waals surface area contributed by atoms with E-state index in [0.717, 1.165) is 0 Å². The zero-order valence-corrected chi connectivity index (χ0v) is 23.0. The van der Waals surface area contributed by atoms with Crippen molar-refractivity contribution < 1.29 is 23.1 Å². The number of fused-ring (bicyclic) bond motifs is 1. The van der Waals surface area contributed by atoms with Crippen molar-refractivity contribution in [2.45, 2.75) is 86.2 Å². The minimum Gasteiger partial charge on any atom is -0.394 e. The summed E-state index contributed by atoms with van der Waals surface area (Å²) in [6, 6.07) is 0. The molecule has 6 nitrogen and oxygen atoms in total. The molecule has 2 heterocycles. The lowest BCUT2D eigenvalue weighted by atomic mass is 9.69. The summed E-state index contributed by atoms with van der Waals surface area (Å²) in [5, 5.41) is 2.32. The van der Waals surface area contributed by atoms with E-state index in [9.17, 15) is 4.79 Å². The number of nitrogens with one attached hydrogen (secondary N) is 1. The maximum atomic E-state index is 12.8. The third-order valence-corrected chi connectivity index (χ3v) is 12.4. The minimum absolute atomic E-state index is 0.0489. The zero-order chi connectivity index (χ0) is 24.1. The molecule has 0 unspecified atom stereocenters. The normalized spacial score (nSPS) is 34.4. The smallest absolute Gasteiger partial charge is 0.349 e. The quantitative estimate of drug-likeness (QED) is 0.315. The van der Waals surface area contributed by atoms with Crippen LogP contribution in [0, 0.1) is 5.92 Å². The van der Waals surface area contributed by atoms with E-state index in [0.29, 0.717) is 13.0 Å². The number of halogens is 3. The summed E-state index contributed by atoms with van der Waals surface area (Å²) in [5.41, 5.74) is -2.17. The van der Waals surface area contributed by atoms with E-state index in [2.05, 4.69) is 53.4 Å². The van der Waals surface area contributed by atoms with Gasteiger partial charge in [0, 0.05) is 29.7 Å². The van der Waals surface area contributed by atoms with Gasteiger partial charge in [0.15, 0.2) is 6.29 Å². The number of alkyl halides is 3. The molecule has 180 valence electrons. The van der Waals surface area contributed by atoms with Gasteiger partial charge in [-0.25, -0.2) is 0 Å². The molecular formula is C21H36Cl3NO5Si. The number of ether oxygens (including phenoxy) is 2. The van der Waals surface area contributed by atoms with Crippen LogP contribution in [0.2, 0.25) is 10.1 Å². The van der Waals surface area contributed by atoms with Crippen molar-refractivity contribution in [1.29, 1.82) is 0 Å². The van der Waals surface area contributed by atoms with E-state index in [1.807, 2.05) is 6.92 Å². The molecule has 2 aliphatic rings. The zero-order valence-electron chi connectivity index (χ0n) is 19.7. The van der Waals surface area contributed by atoms with E-state index in [4.69, 9.17) is 53.1 Å². The fourth-order valence-corrected chi connectivity index (χ4v) is 10.4. The summed E-state index contributed by atoms with van der Waals surface area (Å²) in [6.45, 7) is 19.3. The van der Waals surface area contributed by atoms with E-state index in [1.54, 1.807) is 13.2 Å². The Balaban J connectivity index is 2.73. The number of rotatable bonds is 3. The highest BCUT2D eigenvalue weighted by atomic mass is 35.6. The Hall–Kier alpha value is 0.137. The summed E-state index contributed by atoms with van der Waals surface area (Å²) < 4.78 is 23.4. The molecule has 31 heavy (non-hydrogen) atoms. The van der Waals surface area contributed by atoms with Crippen LogP contribution in [0.1, 0.15) is 54.9 Å². The van der Waals surface area contributed by atoms with Crippen molar-refractivity contribution in [2.75, 3.05) is 20.3 Å². The molecule has 2 rings (SSSR count). The molecule has 4 atom stereocenters. The number of methoxy groups -OCH3 is 1. The Morgan fingerprint density at radius 1 is 1.19 bits per heavy atom. The van der Waals surface area contributed by atoms with Gasteiger partial charge in [0.1, 0.15) is 5.54 Å². The van der Waals surface area contributed by atoms with Crippen LogP contribution in [-0.4, -0.2) is 56.0 Å². The van der Waals surface area contributed by atoms with Crippen molar-refractivity contribution in [3.63, 3.8) is 0 Å². The summed E-state index contributed by atoms with van der Waals surface area (Å²) >= 11 is 17.7. The highest BCUT2D eigenvalue weighted by molar-refractivity contribution is 6.76. The topological polar surface area (TPSA) is 66.0 Å². The lowest BCUT2D eigenvalue weighted by Crippen LogP contribution is -2.76. The van der Waals surface area contributed by atoms with Crippen LogP contribution >= 0.6 is 34.8 Å². The van der Waals surface area contributed by atoms with Gasteiger partial charge in [-0.15, -0.1) is 6.58 Å². The third kappa shape index (κ3) is 4.58. The van der Waals surface area contributed by atoms with Gasteiger partial charge < -0.3 is 23.6 Å². The molecule has 0 aromatic rings. The van der Waals surface area contributed by atoms with Crippen LogP contribution in [0.15, 0.2) is 12.7 Å². The Morgan fingerprint density at radius 3 is 2.16 bits per heavy atom. The van der Waals surface area contributed by atoms with Gasteiger partial charge in [-0.05, 0) is 13.3 Å². The number of carbonyl (C=O) groups is 1. The van der Waals surface area contributed by atoms with Crippen LogP contribution in [0.25, 0.3) is 0 Å². The average molecular weight is 517 g/mol. The molecule has 2 saturated heterocycles. The Morgan fingerprint density at radius 2 is 1.74 bits per heavy atom. The van der Waals surface area contributed by atoms with Crippen LogP contribution in [0.3, 0.4) is 0 Å². The Bertz CT molecular complexity index is 689. The molecular weight excluding hydrogens is 481 g/mol. The van der Waals surface area contributed by atoms with Gasteiger partial charge in [-0.1, -0.05) is 82.4 Å². The predicted octanol–water partition coefficient (Wildman–Crippen LogP) is 5.25. The van der Waals surface area contributed by atoms with Gasteiger partial charge in [-0.2, -0.15) is 0 Å². The van der Waals surface area contributed by atoms with Gasteiger partial charge in [0.05, 0.1) is 12.2 Å². The van der Waals surface area contributed by atoms with Crippen LogP contribution in [-0.2, 0) is 23.1 Å². The first kappa shape index (κ1) is 27.4. The maximum Gasteiger partial charge on any atom is 0.349 e. The standard InChI is InChI=1S/C21H36Cl3NO5Si/c1-10-20(25-16(26)21(22,23)24)13-28-15(27-9)14-11-12-29-31(17(2,3)4,18(5,6)7)30-19(14,20)8/h10,14-15H,1,11-13H2,2-9H3,(H,25,26)/t14-,15-,19-,20-/m0/s1. The molecule has 1 N–H and O–H groups in total. The van der Waals surface area contributed by atoms with Gasteiger partial charge in [0.25, 0.3) is 9.70 Å². The van der Waals surface area contributed by atoms with E-state index in [1.165, 1.54) is 0 Å². The van der Waals surface area contributed by atoms with Crippen LogP contribution < -0.4 is 5.32 Å². The van der Waals surface area contributed by atoms with Crippen molar-refractivity contribution >= 4 is 49.3 Å². The Labute approximate surface area is 202 Å². The second-order valence-electron chi connectivity index (χ2n) is 10.6. The van der Waals surface area contributed by atoms with Crippen molar-refractivity contribution in [3.05, 3.63) is 12.7 Å². The molecule has 0 saturated carbocycles. The largest absolute Gasteiger partial charge is 0.394 e. The first-order valence-corrected chi connectivity index (χ1v) is 13.4. The van der Waals surface area contributed by atoms with Gasteiger partial charge in [-0.3, -0.25) is 4.79 Å². The number of carbonyl (C=O) groups excluding carboxylic acids is 1. The summed E-state index contributed by atoms with van der Waals surface area (Å²) in [7, 11) is -1.38. The molecule has 0 aromatic carbocycles. The SMILES string of the molecule is C=C[C@]1(NC(=O)C(Cl)(Cl)Cl)CO[C@H](OC)[C@@H]2CCO[Si](C(C)(C)C)(C(C)(C)C)O[C@@]21C. The monoisotopic (exact) mass is 515 g/mol. The van der Waals surface area contributed by atoms with Crippen molar-refractivity contribution in [2.24, 2.45) is 5.92 Å². The van der Waals surface area contributed by atoms with Crippen LogP contribution in [0.4, 0.5) is 0 Å². The fraction of sp³-hybridized carbons (Fsp3) is 0.857. The van der Waals surface area contributed by atoms with E-state index < -0.39 is 35.7 Å². The molecule has 0 spiro atoms. The third-order valence-electron chi connectivity index (χ3n) is 6.64. The lowest BCUT2D eigenvalue weighted by molar-refractivity contribution is -0.257. The minimum atomic E-state index is -2.97. The molecule has 2 aliphatic heterocycles. The highest BCUT2D eigenvalue weighted by Gasteiger charge is 2.69. The maximum absolute atomic E-state index is 12.8. The first-order chi connectivity index (χ1) is 13.9. The molecule has 2 fully saturated rings. The first-order valence-electron chi connectivity index (χ1n) is 10.4.